The second-order valence-corrected chi connectivity index (χ2v) is 5.81. The molecule has 1 fully saturated rings. The molecule has 4 nitrogen and oxygen atoms in total. The molecule has 1 amide bonds. The van der Waals surface area contributed by atoms with E-state index < -0.39 is 5.41 Å². The number of carbonyl (C=O) groups excluding carboxylic acids is 1. The minimum Gasteiger partial charge on any atom is -0.372 e. The van der Waals surface area contributed by atoms with Crippen molar-refractivity contribution in [3.8, 4) is 0 Å². The van der Waals surface area contributed by atoms with Gasteiger partial charge in [-0.2, -0.15) is 0 Å². The van der Waals surface area contributed by atoms with Crippen LogP contribution < -0.4 is 16.0 Å². The molecule has 1 aliphatic rings. The standard InChI is InChI=1S/C16H25N3O/c1-3-16(2,12-17)15(20)18-13-6-8-14(9-7-13)19-10-4-5-11-19/h6-9H,3-5,10-12,17H2,1-2H3,(H,18,20). The summed E-state index contributed by atoms with van der Waals surface area (Å²) in [7, 11) is 0. The number of anilines is 2. The van der Waals surface area contributed by atoms with Crippen molar-refractivity contribution in [2.45, 2.75) is 33.1 Å². The lowest BCUT2D eigenvalue weighted by Gasteiger charge is -2.25. The molecule has 0 spiro atoms. The zero-order valence-electron chi connectivity index (χ0n) is 12.5. The quantitative estimate of drug-likeness (QED) is 0.868. The average molecular weight is 275 g/mol. The Hall–Kier alpha value is -1.55. The van der Waals surface area contributed by atoms with Crippen LogP contribution in [-0.2, 0) is 4.79 Å². The molecule has 0 aromatic heterocycles. The first-order valence-corrected chi connectivity index (χ1v) is 7.45. The van der Waals surface area contributed by atoms with Crippen molar-refractivity contribution < 1.29 is 4.79 Å². The van der Waals surface area contributed by atoms with Crippen molar-refractivity contribution >= 4 is 17.3 Å². The van der Waals surface area contributed by atoms with Crippen LogP contribution in [0.5, 0.6) is 0 Å². The van der Waals surface area contributed by atoms with E-state index in [1.807, 2.05) is 26.0 Å². The second kappa shape index (κ2) is 6.27. The van der Waals surface area contributed by atoms with Gasteiger partial charge in [-0.15, -0.1) is 0 Å². The number of nitrogens with two attached hydrogens (primary N) is 1. The van der Waals surface area contributed by atoms with E-state index in [-0.39, 0.29) is 5.91 Å². The summed E-state index contributed by atoms with van der Waals surface area (Å²) in [5.74, 6) is -0.00331. The molecule has 3 N–H and O–H groups in total. The lowest BCUT2D eigenvalue weighted by Crippen LogP contribution is -2.39. The van der Waals surface area contributed by atoms with Crippen LogP contribution in [0.3, 0.4) is 0 Å². The first-order chi connectivity index (χ1) is 9.59. The average Bonchev–Trinajstić information content (AvgIpc) is 3.01. The lowest BCUT2D eigenvalue weighted by molar-refractivity contribution is -0.124. The van der Waals surface area contributed by atoms with Crippen LogP contribution in [0.15, 0.2) is 24.3 Å². The molecule has 1 aromatic carbocycles. The molecular weight excluding hydrogens is 250 g/mol. The first kappa shape index (κ1) is 14.9. The Balaban J connectivity index is 2.01. The molecule has 20 heavy (non-hydrogen) atoms. The maximum atomic E-state index is 12.2. The van der Waals surface area contributed by atoms with Gasteiger partial charge in [0.1, 0.15) is 0 Å². The number of rotatable bonds is 5. The van der Waals surface area contributed by atoms with E-state index in [2.05, 4.69) is 22.3 Å². The maximum absolute atomic E-state index is 12.2. The van der Waals surface area contributed by atoms with Gasteiger partial charge in [-0.3, -0.25) is 4.79 Å². The van der Waals surface area contributed by atoms with Crippen molar-refractivity contribution in [1.29, 1.82) is 0 Å². The molecule has 1 atom stereocenters. The summed E-state index contributed by atoms with van der Waals surface area (Å²) < 4.78 is 0. The molecule has 4 heteroatoms. The number of amides is 1. The topological polar surface area (TPSA) is 58.4 Å². The minimum absolute atomic E-state index is 0.00331. The molecule has 1 unspecified atom stereocenters. The third-order valence-corrected chi connectivity index (χ3v) is 4.38. The van der Waals surface area contributed by atoms with Crippen LogP contribution >= 0.6 is 0 Å². The van der Waals surface area contributed by atoms with Gasteiger partial charge < -0.3 is 16.0 Å². The Kier molecular flexibility index (Phi) is 4.65. The van der Waals surface area contributed by atoms with Crippen LogP contribution in [0.25, 0.3) is 0 Å². The molecule has 0 bridgehead atoms. The van der Waals surface area contributed by atoms with Gasteiger partial charge in [-0.25, -0.2) is 0 Å². The summed E-state index contributed by atoms with van der Waals surface area (Å²) in [4.78, 5) is 14.6. The van der Waals surface area contributed by atoms with Crippen molar-refractivity contribution in [3.05, 3.63) is 24.3 Å². The van der Waals surface area contributed by atoms with Crippen LogP contribution in [0, 0.1) is 5.41 Å². The zero-order valence-corrected chi connectivity index (χ0v) is 12.5. The molecule has 1 aromatic rings. The van der Waals surface area contributed by atoms with Gasteiger partial charge >= 0.3 is 0 Å². The minimum atomic E-state index is -0.492. The summed E-state index contributed by atoms with van der Waals surface area (Å²) in [6.07, 6.45) is 3.27. The Morgan fingerprint density at radius 3 is 2.40 bits per heavy atom. The fraction of sp³-hybridized carbons (Fsp3) is 0.562. The molecule has 110 valence electrons. The highest BCUT2D eigenvalue weighted by molar-refractivity contribution is 5.95. The largest absolute Gasteiger partial charge is 0.372 e. The molecule has 0 saturated carbocycles. The highest BCUT2D eigenvalue weighted by atomic mass is 16.2. The van der Waals surface area contributed by atoms with E-state index in [1.54, 1.807) is 0 Å². The normalized spacial score (nSPS) is 17.9. The van der Waals surface area contributed by atoms with Crippen molar-refractivity contribution in [1.82, 2.24) is 0 Å². The maximum Gasteiger partial charge on any atom is 0.231 e. The van der Waals surface area contributed by atoms with Gasteiger partial charge in [0.2, 0.25) is 5.91 Å². The van der Waals surface area contributed by atoms with Gasteiger partial charge in [0.05, 0.1) is 5.41 Å². The Morgan fingerprint density at radius 1 is 1.30 bits per heavy atom. The summed E-state index contributed by atoms with van der Waals surface area (Å²) in [5.41, 5.74) is 7.29. The predicted octanol–water partition coefficient (Wildman–Crippen LogP) is 2.60. The number of nitrogens with zero attached hydrogens (tertiary/aromatic N) is 1. The molecule has 1 aliphatic heterocycles. The summed E-state index contributed by atoms with van der Waals surface area (Å²) in [5, 5.41) is 2.96. The Bertz CT molecular complexity index is 445. The Morgan fingerprint density at radius 2 is 1.90 bits per heavy atom. The highest BCUT2D eigenvalue weighted by Gasteiger charge is 2.29. The molecular formula is C16H25N3O. The van der Waals surface area contributed by atoms with Crippen LogP contribution in [-0.4, -0.2) is 25.5 Å². The Labute approximate surface area is 121 Å². The van der Waals surface area contributed by atoms with E-state index in [9.17, 15) is 4.79 Å². The number of benzene rings is 1. The van der Waals surface area contributed by atoms with E-state index in [4.69, 9.17) is 5.73 Å². The summed E-state index contributed by atoms with van der Waals surface area (Å²) in [6, 6.07) is 8.09. The van der Waals surface area contributed by atoms with Crippen LogP contribution in [0.4, 0.5) is 11.4 Å². The molecule has 2 rings (SSSR count). The number of carbonyl (C=O) groups is 1. The summed E-state index contributed by atoms with van der Waals surface area (Å²) >= 11 is 0. The van der Waals surface area contributed by atoms with Crippen molar-refractivity contribution in [2.24, 2.45) is 11.1 Å². The molecule has 0 aliphatic carbocycles. The lowest BCUT2D eigenvalue weighted by atomic mass is 9.86. The van der Waals surface area contributed by atoms with E-state index in [0.717, 1.165) is 25.2 Å². The fourth-order valence-corrected chi connectivity index (χ4v) is 2.41. The molecule has 0 radical (unpaired) electrons. The van der Waals surface area contributed by atoms with Crippen molar-refractivity contribution in [2.75, 3.05) is 29.9 Å². The monoisotopic (exact) mass is 275 g/mol. The van der Waals surface area contributed by atoms with E-state index in [0.29, 0.717) is 6.54 Å². The zero-order chi connectivity index (χ0) is 14.6. The van der Waals surface area contributed by atoms with Crippen molar-refractivity contribution in [3.63, 3.8) is 0 Å². The molecule has 1 heterocycles. The number of hydrogen-bond donors (Lipinski definition) is 2. The predicted molar refractivity (Wildman–Crippen MR) is 84.0 cm³/mol. The third kappa shape index (κ3) is 3.12. The smallest absolute Gasteiger partial charge is 0.231 e. The summed E-state index contributed by atoms with van der Waals surface area (Å²) in [6.45, 7) is 6.52. The first-order valence-electron chi connectivity index (χ1n) is 7.45. The fourth-order valence-electron chi connectivity index (χ4n) is 2.41. The third-order valence-electron chi connectivity index (χ3n) is 4.38. The van der Waals surface area contributed by atoms with Crippen LogP contribution in [0.1, 0.15) is 33.1 Å². The van der Waals surface area contributed by atoms with Crippen LogP contribution in [0.2, 0.25) is 0 Å². The molecule has 1 saturated heterocycles. The van der Waals surface area contributed by atoms with E-state index in [1.165, 1.54) is 18.5 Å². The van der Waals surface area contributed by atoms with Gasteiger partial charge in [-0.1, -0.05) is 6.92 Å². The van der Waals surface area contributed by atoms with Gasteiger partial charge in [0, 0.05) is 31.0 Å². The number of hydrogen-bond acceptors (Lipinski definition) is 3. The van der Waals surface area contributed by atoms with E-state index >= 15 is 0 Å². The van der Waals surface area contributed by atoms with Gasteiger partial charge in [-0.05, 0) is 50.5 Å². The SMILES string of the molecule is CCC(C)(CN)C(=O)Nc1ccc(N2CCCC2)cc1. The van der Waals surface area contributed by atoms with Gasteiger partial charge in [0.15, 0.2) is 0 Å². The van der Waals surface area contributed by atoms with Gasteiger partial charge in [0.25, 0.3) is 0 Å². The number of nitrogens with one attached hydrogen (secondary N) is 1. The highest BCUT2D eigenvalue weighted by Crippen LogP contribution is 2.25. The second-order valence-electron chi connectivity index (χ2n) is 5.81.